The molecular formula is C15H19N5O. The number of amides is 2. The van der Waals surface area contributed by atoms with Gasteiger partial charge in [-0.2, -0.15) is 5.10 Å². The van der Waals surface area contributed by atoms with Gasteiger partial charge in [-0.05, 0) is 20.8 Å². The summed E-state index contributed by atoms with van der Waals surface area (Å²) in [4.78, 5) is 19.1. The number of urea groups is 1. The molecule has 1 heterocycles. The summed E-state index contributed by atoms with van der Waals surface area (Å²) in [6.07, 6.45) is 0. The maximum absolute atomic E-state index is 11.3. The predicted octanol–water partition coefficient (Wildman–Crippen LogP) is 2.43. The van der Waals surface area contributed by atoms with Crippen LogP contribution in [0.15, 0.2) is 35.4 Å². The summed E-state index contributed by atoms with van der Waals surface area (Å²) >= 11 is 0. The second-order valence-corrected chi connectivity index (χ2v) is 4.59. The Labute approximate surface area is 123 Å². The second-order valence-electron chi connectivity index (χ2n) is 4.59. The maximum atomic E-state index is 11.3. The topological polar surface area (TPSA) is 82.2 Å². The summed E-state index contributed by atoms with van der Waals surface area (Å²) in [5.74, 6) is 0.788. The van der Waals surface area contributed by atoms with Gasteiger partial charge < -0.3 is 10.3 Å². The van der Waals surface area contributed by atoms with Crippen molar-refractivity contribution in [2.75, 3.05) is 6.54 Å². The van der Waals surface area contributed by atoms with Crippen LogP contribution in [0.2, 0.25) is 0 Å². The van der Waals surface area contributed by atoms with Crippen LogP contribution < -0.4 is 10.7 Å². The number of hydrogen-bond donors (Lipinski definition) is 3. The third-order valence-electron chi connectivity index (χ3n) is 2.94. The number of aromatic nitrogens is 2. The van der Waals surface area contributed by atoms with Crippen molar-refractivity contribution in [3.8, 4) is 11.4 Å². The lowest BCUT2D eigenvalue weighted by Gasteiger charge is -2.01. The van der Waals surface area contributed by atoms with E-state index < -0.39 is 0 Å². The number of nitrogens with one attached hydrogen (secondary N) is 3. The third kappa shape index (κ3) is 3.68. The van der Waals surface area contributed by atoms with E-state index in [1.807, 2.05) is 51.1 Å². The Bertz CT molecular complexity index is 645. The average molecular weight is 285 g/mol. The number of carbonyl (C=O) groups excluding carboxylic acids is 1. The van der Waals surface area contributed by atoms with Crippen molar-refractivity contribution < 1.29 is 4.79 Å². The largest absolute Gasteiger partial charge is 0.342 e. The molecule has 2 amide bonds. The average Bonchev–Trinajstić information content (AvgIpc) is 2.88. The van der Waals surface area contributed by atoms with E-state index in [4.69, 9.17) is 0 Å². The molecule has 2 aromatic rings. The Morgan fingerprint density at radius 2 is 2.05 bits per heavy atom. The Balaban J connectivity index is 2.19. The molecule has 0 unspecified atom stereocenters. The van der Waals surface area contributed by atoms with Gasteiger partial charge in [0.2, 0.25) is 0 Å². The number of hydrazone groups is 1. The zero-order valence-electron chi connectivity index (χ0n) is 12.4. The molecule has 0 saturated heterocycles. The van der Waals surface area contributed by atoms with E-state index in [0.29, 0.717) is 12.3 Å². The summed E-state index contributed by atoms with van der Waals surface area (Å²) in [5, 5.41) is 6.67. The van der Waals surface area contributed by atoms with Crippen LogP contribution in [-0.2, 0) is 0 Å². The molecule has 0 aliphatic carbocycles. The van der Waals surface area contributed by atoms with Gasteiger partial charge >= 0.3 is 6.03 Å². The molecule has 1 aromatic carbocycles. The molecule has 3 N–H and O–H groups in total. The van der Waals surface area contributed by atoms with Crippen LogP contribution >= 0.6 is 0 Å². The molecule has 6 nitrogen and oxygen atoms in total. The molecule has 1 aromatic heterocycles. The molecule has 0 bridgehead atoms. The van der Waals surface area contributed by atoms with Crippen molar-refractivity contribution in [3.63, 3.8) is 0 Å². The summed E-state index contributed by atoms with van der Waals surface area (Å²) in [6, 6.07) is 9.54. The van der Waals surface area contributed by atoms with Crippen LogP contribution in [0.3, 0.4) is 0 Å². The van der Waals surface area contributed by atoms with E-state index in [0.717, 1.165) is 22.8 Å². The molecule has 2 rings (SSSR count). The van der Waals surface area contributed by atoms with Gasteiger partial charge in [0.1, 0.15) is 11.5 Å². The number of rotatable bonds is 4. The number of hydrogen-bond acceptors (Lipinski definition) is 3. The maximum Gasteiger partial charge on any atom is 0.335 e. The molecule has 0 atom stereocenters. The monoisotopic (exact) mass is 285 g/mol. The molecule has 0 radical (unpaired) electrons. The summed E-state index contributed by atoms with van der Waals surface area (Å²) in [6.45, 7) is 6.14. The van der Waals surface area contributed by atoms with E-state index in [1.54, 1.807) is 0 Å². The van der Waals surface area contributed by atoms with Gasteiger partial charge in [-0.25, -0.2) is 15.2 Å². The molecule has 110 valence electrons. The highest BCUT2D eigenvalue weighted by molar-refractivity contribution is 5.99. The normalized spacial score (nSPS) is 11.3. The summed E-state index contributed by atoms with van der Waals surface area (Å²) < 4.78 is 0. The highest BCUT2D eigenvalue weighted by Crippen LogP contribution is 2.17. The molecule has 0 saturated carbocycles. The van der Waals surface area contributed by atoms with Gasteiger partial charge in [-0.1, -0.05) is 30.3 Å². The van der Waals surface area contributed by atoms with Crippen LogP contribution in [0.5, 0.6) is 0 Å². The predicted molar refractivity (Wildman–Crippen MR) is 83.2 cm³/mol. The second kappa shape index (κ2) is 6.69. The van der Waals surface area contributed by atoms with Gasteiger partial charge in [0.05, 0.1) is 5.71 Å². The van der Waals surface area contributed by atoms with Crippen LogP contribution in [0.25, 0.3) is 11.4 Å². The first-order valence-electron chi connectivity index (χ1n) is 6.82. The number of H-pyrrole nitrogens is 1. The van der Waals surface area contributed by atoms with E-state index >= 15 is 0 Å². The van der Waals surface area contributed by atoms with Crippen LogP contribution in [0, 0.1) is 6.92 Å². The fourth-order valence-electron chi connectivity index (χ4n) is 1.93. The van der Waals surface area contributed by atoms with Crippen molar-refractivity contribution in [2.45, 2.75) is 20.8 Å². The Hall–Kier alpha value is -2.63. The first-order valence-corrected chi connectivity index (χ1v) is 6.82. The van der Waals surface area contributed by atoms with Crippen molar-refractivity contribution in [1.82, 2.24) is 20.7 Å². The summed E-state index contributed by atoms with van der Waals surface area (Å²) in [5.41, 5.74) is 5.75. The zero-order valence-corrected chi connectivity index (χ0v) is 12.4. The van der Waals surface area contributed by atoms with Crippen molar-refractivity contribution in [3.05, 3.63) is 41.7 Å². The fourth-order valence-corrected chi connectivity index (χ4v) is 1.93. The minimum atomic E-state index is -0.326. The van der Waals surface area contributed by atoms with E-state index in [-0.39, 0.29) is 6.03 Å². The van der Waals surface area contributed by atoms with E-state index in [2.05, 4.69) is 25.8 Å². The fraction of sp³-hybridized carbons (Fsp3) is 0.267. The highest BCUT2D eigenvalue weighted by atomic mass is 16.2. The molecule has 0 aliphatic rings. The highest BCUT2D eigenvalue weighted by Gasteiger charge is 2.11. The minimum Gasteiger partial charge on any atom is -0.342 e. The lowest BCUT2D eigenvalue weighted by molar-refractivity contribution is 0.242. The zero-order chi connectivity index (χ0) is 15.2. The molecule has 6 heteroatoms. The van der Waals surface area contributed by atoms with Crippen LogP contribution in [-0.4, -0.2) is 28.3 Å². The Kier molecular flexibility index (Phi) is 4.71. The number of imidazole rings is 1. The number of carbonyl (C=O) groups is 1. The summed E-state index contributed by atoms with van der Waals surface area (Å²) in [7, 11) is 0. The van der Waals surface area contributed by atoms with E-state index in [9.17, 15) is 4.79 Å². The van der Waals surface area contributed by atoms with Crippen molar-refractivity contribution >= 4 is 11.7 Å². The third-order valence-corrected chi connectivity index (χ3v) is 2.94. The van der Waals surface area contributed by atoms with E-state index in [1.165, 1.54) is 0 Å². The molecule has 0 spiro atoms. The molecule has 0 fully saturated rings. The lowest BCUT2D eigenvalue weighted by atomic mass is 10.2. The molecular weight excluding hydrogens is 266 g/mol. The van der Waals surface area contributed by atoms with Gasteiger partial charge in [0.15, 0.2) is 0 Å². The molecule has 0 aliphatic heterocycles. The first-order chi connectivity index (χ1) is 10.1. The van der Waals surface area contributed by atoms with Crippen molar-refractivity contribution in [1.29, 1.82) is 0 Å². The van der Waals surface area contributed by atoms with Crippen LogP contribution in [0.4, 0.5) is 4.79 Å². The molecule has 21 heavy (non-hydrogen) atoms. The first kappa shape index (κ1) is 14.8. The Morgan fingerprint density at radius 3 is 2.71 bits per heavy atom. The lowest BCUT2D eigenvalue weighted by Crippen LogP contribution is -2.32. The Morgan fingerprint density at radius 1 is 1.33 bits per heavy atom. The number of benzene rings is 1. The standard InChI is InChI=1S/C15H19N5O/c1-4-16-15(21)20-19-11(3)13-10(2)17-14(18-13)12-8-6-5-7-9-12/h5-9H,4H2,1-3H3,(H,17,18)(H2,16,20,21)/b19-11+. The van der Waals surface area contributed by atoms with Gasteiger partial charge in [0, 0.05) is 17.8 Å². The van der Waals surface area contributed by atoms with Gasteiger partial charge in [0.25, 0.3) is 0 Å². The number of aryl methyl sites for hydroxylation is 1. The van der Waals surface area contributed by atoms with Gasteiger partial charge in [-0.3, -0.25) is 0 Å². The number of nitrogens with zero attached hydrogens (tertiary/aromatic N) is 2. The quantitative estimate of drug-likeness (QED) is 0.595. The van der Waals surface area contributed by atoms with Gasteiger partial charge in [-0.15, -0.1) is 0 Å². The SMILES string of the molecule is CCNC(=O)N/N=C(\C)c1nc(-c2ccccc2)[nH]c1C. The minimum absolute atomic E-state index is 0.326. The number of aromatic amines is 1. The van der Waals surface area contributed by atoms with Crippen LogP contribution in [0.1, 0.15) is 25.2 Å². The van der Waals surface area contributed by atoms with Crippen molar-refractivity contribution in [2.24, 2.45) is 5.10 Å². The smallest absolute Gasteiger partial charge is 0.335 e.